The average Bonchev–Trinajstić information content (AvgIpc) is 3.02. The second-order valence-electron chi connectivity index (χ2n) is 4.49. The zero-order valence-electron chi connectivity index (χ0n) is 11.4. The molecule has 0 bridgehead atoms. The Morgan fingerprint density at radius 3 is 2.82 bits per heavy atom. The molecule has 0 radical (unpaired) electrons. The number of hydrogen-bond acceptors (Lipinski definition) is 8. The highest BCUT2D eigenvalue weighted by molar-refractivity contribution is 7.46. The molecule has 0 aliphatic carbocycles. The Bertz CT molecular complexity index is 601. The van der Waals surface area contributed by atoms with Crippen LogP contribution in [0.15, 0.2) is 11.3 Å². The second-order valence-corrected chi connectivity index (χ2v) is 5.73. The van der Waals surface area contributed by atoms with Crippen LogP contribution in [0.25, 0.3) is 0 Å². The van der Waals surface area contributed by atoms with Crippen LogP contribution in [0.1, 0.15) is 12.1 Å². The minimum Gasteiger partial charge on any atom is -0.387 e. The summed E-state index contributed by atoms with van der Waals surface area (Å²) in [5.41, 5.74) is 5.54. The lowest BCUT2D eigenvalue weighted by Crippen LogP contribution is -2.33. The van der Waals surface area contributed by atoms with Crippen LogP contribution in [0.2, 0.25) is 0 Å². The fraction of sp³-hybridized carbons (Fsp3) is 0.667. The van der Waals surface area contributed by atoms with Crippen LogP contribution in [0.5, 0.6) is 0 Å². The van der Waals surface area contributed by atoms with E-state index in [9.17, 15) is 14.8 Å². The zero-order valence-corrected chi connectivity index (χ0v) is 12.3. The molecule has 1 saturated heterocycles. The van der Waals surface area contributed by atoms with Gasteiger partial charge in [0.25, 0.3) is 0 Å². The van der Waals surface area contributed by atoms with Gasteiger partial charge in [0.1, 0.15) is 24.6 Å². The van der Waals surface area contributed by atoms with Gasteiger partial charge in [0.05, 0.1) is 6.61 Å². The maximum Gasteiger partial charge on any atom is 0.469 e. The topological polar surface area (TPSA) is 186 Å². The van der Waals surface area contributed by atoms with Crippen molar-refractivity contribution in [3.8, 4) is 0 Å². The molecule has 1 fully saturated rings. The lowest BCUT2D eigenvalue weighted by atomic mass is 10.1. The van der Waals surface area contributed by atoms with Gasteiger partial charge in [0.2, 0.25) is 5.82 Å². The number of nitrogens with two attached hydrogens (primary N) is 1. The van der Waals surface area contributed by atoms with Crippen molar-refractivity contribution in [2.45, 2.75) is 24.5 Å². The van der Waals surface area contributed by atoms with Gasteiger partial charge in [-0.15, -0.1) is 5.10 Å². The van der Waals surface area contributed by atoms with E-state index in [0.29, 0.717) is 0 Å². The van der Waals surface area contributed by atoms with Crippen molar-refractivity contribution in [2.75, 3.05) is 13.7 Å². The number of aliphatic hydroxyl groups is 2. The van der Waals surface area contributed by atoms with E-state index in [2.05, 4.69) is 19.6 Å². The third-order valence-corrected chi connectivity index (χ3v) is 3.47. The highest BCUT2D eigenvalue weighted by Gasteiger charge is 2.45. The maximum atomic E-state index is 10.7. The van der Waals surface area contributed by atoms with Gasteiger partial charge in [-0.2, -0.15) is 0 Å². The van der Waals surface area contributed by atoms with Crippen LogP contribution >= 0.6 is 7.82 Å². The van der Waals surface area contributed by atoms with E-state index in [0.717, 1.165) is 4.68 Å². The van der Waals surface area contributed by atoms with Crippen molar-refractivity contribution in [3.63, 3.8) is 0 Å². The molecule has 22 heavy (non-hydrogen) atoms. The summed E-state index contributed by atoms with van der Waals surface area (Å²) in [7, 11) is -3.25. The number of aromatic nitrogens is 3. The van der Waals surface area contributed by atoms with Crippen LogP contribution in [-0.4, -0.2) is 72.6 Å². The first-order valence-corrected chi connectivity index (χ1v) is 7.61. The first-order chi connectivity index (χ1) is 10.2. The van der Waals surface area contributed by atoms with Gasteiger partial charge in [-0.25, -0.2) is 14.2 Å². The first-order valence-electron chi connectivity index (χ1n) is 6.08. The maximum absolute atomic E-state index is 10.7. The van der Waals surface area contributed by atoms with Gasteiger partial charge in [-0.1, -0.05) is 0 Å². The van der Waals surface area contributed by atoms with E-state index >= 15 is 0 Å². The average molecular weight is 337 g/mol. The first kappa shape index (κ1) is 17.0. The quantitative estimate of drug-likeness (QED) is 0.216. The van der Waals surface area contributed by atoms with Crippen molar-refractivity contribution in [1.29, 1.82) is 0 Å². The summed E-state index contributed by atoms with van der Waals surface area (Å²) in [6, 6.07) is 0. The Labute approximate surface area is 124 Å². The van der Waals surface area contributed by atoms with Gasteiger partial charge >= 0.3 is 7.82 Å². The van der Waals surface area contributed by atoms with Gasteiger partial charge in [0, 0.05) is 7.05 Å². The van der Waals surface area contributed by atoms with Gasteiger partial charge in [0.15, 0.2) is 12.1 Å². The molecule has 2 heterocycles. The molecular formula is C9H16N5O7P. The third-order valence-electron chi connectivity index (χ3n) is 2.98. The number of rotatable bonds is 5. The molecule has 124 valence electrons. The summed E-state index contributed by atoms with van der Waals surface area (Å²) in [6.07, 6.45) is -3.83. The van der Waals surface area contributed by atoms with Gasteiger partial charge in [-0.05, 0) is 0 Å². The summed E-state index contributed by atoms with van der Waals surface area (Å²) >= 11 is 0. The van der Waals surface area contributed by atoms with Gasteiger partial charge in [-0.3, -0.25) is 9.52 Å². The SMILES string of the molecule is CN=C(N)c1ncn(C2OC(COP(=O)(O)O)C(O)C2O)n1. The standard InChI is InChI=1S/C9H16N5O7P/c1-11-7(10)8-12-3-14(13-8)9-6(16)5(15)4(21-9)2-20-22(17,18)19/h3-6,9,15-16H,2H2,1H3,(H2,10,11)(H2,17,18,19). The van der Waals surface area contributed by atoms with Crippen LogP contribution < -0.4 is 5.73 Å². The number of nitrogens with zero attached hydrogens (tertiary/aromatic N) is 4. The smallest absolute Gasteiger partial charge is 0.387 e. The molecule has 0 saturated carbocycles. The van der Waals surface area contributed by atoms with E-state index in [1.165, 1.54) is 13.4 Å². The van der Waals surface area contributed by atoms with E-state index in [-0.39, 0.29) is 11.7 Å². The lowest BCUT2D eigenvalue weighted by molar-refractivity contribution is -0.0580. The summed E-state index contributed by atoms with van der Waals surface area (Å²) in [4.78, 5) is 24.8. The van der Waals surface area contributed by atoms with E-state index in [1.807, 2.05) is 0 Å². The summed E-state index contributed by atoms with van der Waals surface area (Å²) in [5.74, 6) is 0.191. The number of phosphoric ester groups is 1. The molecular weight excluding hydrogens is 321 g/mol. The molecule has 1 aliphatic rings. The molecule has 4 unspecified atom stereocenters. The summed E-state index contributed by atoms with van der Waals surface area (Å²) in [5, 5.41) is 23.7. The summed E-state index contributed by atoms with van der Waals surface area (Å²) < 4.78 is 21.3. The molecule has 0 amide bonds. The molecule has 0 spiro atoms. The molecule has 4 atom stereocenters. The lowest BCUT2D eigenvalue weighted by Gasteiger charge is -2.14. The predicted octanol–water partition coefficient (Wildman–Crippen LogP) is -2.66. The molecule has 1 aliphatic heterocycles. The van der Waals surface area contributed by atoms with Crippen LogP contribution in [0.4, 0.5) is 0 Å². The van der Waals surface area contributed by atoms with Crippen molar-refractivity contribution >= 4 is 13.7 Å². The Hall–Kier alpha value is -1.40. The molecule has 2 rings (SSSR count). The highest BCUT2D eigenvalue weighted by atomic mass is 31.2. The van der Waals surface area contributed by atoms with E-state index in [1.54, 1.807) is 0 Å². The van der Waals surface area contributed by atoms with Crippen LogP contribution in [0, 0.1) is 0 Å². The summed E-state index contributed by atoms with van der Waals surface area (Å²) in [6.45, 7) is -0.598. The molecule has 1 aromatic heterocycles. The number of aliphatic imine (C=N–C) groups is 1. The van der Waals surface area contributed by atoms with E-state index < -0.39 is 39.0 Å². The second kappa shape index (κ2) is 6.38. The molecule has 12 nitrogen and oxygen atoms in total. The van der Waals surface area contributed by atoms with Crippen molar-refractivity contribution < 1.29 is 33.8 Å². The minimum atomic E-state index is -4.71. The van der Waals surface area contributed by atoms with Crippen molar-refractivity contribution in [3.05, 3.63) is 12.2 Å². The number of amidine groups is 1. The number of aliphatic hydroxyl groups excluding tert-OH is 2. The fourth-order valence-corrected chi connectivity index (χ4v) is 2.21. The molecule has 0 aromatic carbocycles. The Kier molecular flexibility index (Phi) is 4.92. The fourth-order valence-electron chi connectivity index (χ4n) is 1.87. The number of hydrogen-bond donors (Lipinski definition) is 5. The third kappa shape index (κ3) is 3.67. The number of ether oxygens (including phenoxy) is 1. The minimum absolute atomic E-state index is 0.0770. The Morgan fingerprint density at radius 1 is 1.55 bits per heavy atom. The predicted molar refractivity (Wildman–Crippen MR) is 70.6 cm³/mol. The van der Waals surface area contributed by atoms with Crippen LogP contribution in [0.3, 0.4) is 0 Å². The van der Waals surface area contributed by atoms with Crippen molar-refractivity contribution in [2.24, 2.45) is 10.7 Å². The number of phosphoric acid groups is 1. The van der Waals surface area contributed by atoms with Gasteiger partial charge < -0.3 is 30.5 Å². The largest absolute Gasteiger partial charge is 0.469 e. The monoisotopic (exact) mass is 337 g/mol. The Morgan fingerprint density at radius 2 is 2.23 bits per heavy atom. The van der Waals surface area contributed by atoms with E-state index in [4.69, 9.17) is 20.3 Å². The Balaban J connectivity index is 2.09. The molecule has 6 N–H and O–H groups in total. The van der Waals surface area contributed by atoms with Crippen molar-refractivity contribution in [1.82, 2.24) is 14.8 Å². The zero-order chi connectivity index (χ0) is 16.5. The normalized spacial score (nSPS) is 30.0. The molecule has 1 aromatic rings. The van der Waals surface area contributed by atoms with Crippen LogP contribution in [-0.2, 0) is 13.8 Å². The molecule has 13 heteroatoms. The highest BCUT2D eigenvalue weighted by Crippen LogP contribution is 2.38.